The normalized spacial score (nSPS) is 13.4. The predicted octanol–water partition coefficient (Wildman–Crippen LogP) is 4.39. The Morgan fingerprint density at radius 3 is 2.43 bits per heavy atom. The quantitative estimate of drug-likeness (QED) is 0.766. The third-order valence-corrected chi connectivity index (χ3v) is 5.88. The molecule has 0 saturated carbocycles. The molecule has 0 radical (unpaired) electrons. The fraction of sp³-hybridized carbons (Fsp3) is 0.111. The maximum absolute atomic E-state index is 12.8. The van der Waals surface area contributed by atoms with Crippen LogP contribution in [0, 0.1) is 0 Å². The van der Waals surface area contributed by atoms with Crippen LogP contribution < -0.4 is 4.72 Å². The molecule has 3 nitrogen and oxygen atoms in total. The second kappa shape index (κ2) is 5.25. The first-order valence-electron chi connectivity index (χ1n) is 7.36. The molecule has 1 aliphatic rings. The standard InChI is InChI=1S/C18H14ClNO2S/c19-14-4-2-5-15(11-14)20-23(21,22)17-10-9-13-8-7-12-3-1-6-16(17)18(12)13/h1-6,9-11,20H,7-8H2. The van der Waals surface area contributed by atoms with Crippen molar-refractivity contribution in [3.8, 4) is 0 Å². The molecular weight excluding hydrogens is 330 g/mol. The molecule has 0 bridgehead atoms. The van der Waals surface area contributed by atoms with Crippen molar-refractivity contribution in [1.29, 1.82) is 0 Å². The van der Waals surface area contributed by atoms with E-state index in [1.54, 1.807) is 30.3 Å². The van der Waals surface area contributed by atoms with Crippen LogP contribution in [0.4, 0.5) is 5.69 Å². The first-order valence-corrected chi connectivity index (χ1v) is 9.22. The Hall–Kier alpha value is -2.04. The van der Waals surface area contributed by atoms with Gasteiger partial charge in [0.05, 0.1) is 10.6 Å². The molecule has 0 saturated heterocycles. The smallest absolute Gasteiger partial charge is 0.262 e. The molecule has 0 fully saturated rings. The summed E-state index contributed by atoms with van der Waals surface area (Å²) >= 11 is 5.93. The zero-order valence-corrected chi connectivity index (χ0v) is 13.8. The van der Waals surface area contributed by atoms with Gasteiger partial charge < -0.3 is 0 Å². The van der Waals surface area contributed by atoms with E-state index in [1.165, 1.54) is 11.1 Å². The number of hydrogen-bond acceptors (Lipinski definition) is 2. The van der Waals surface area contributed by atoms with Crippen LogP contribution in [0.25, 0.3) is 10.8 Å². The Kier molecular flexibility index (Phi) is 3.32. The van der Waals surface area contributed by atoms with Gasteiger partial charge in [0.1, 0.15) is 0 Å². The summed E-state index contributed by atoms with van der Waals surface area (Å²) in [6.45, 7) is 0. The molecule has 0 atom stereocenters. The number of anilines is 1. The fourth-order valence-corrected chi connectivity index (χ4v) is 4.66. The molecule has 1 N–H and O–H groups in total. The van der Waals surface area contributed by atoms with Gasteiger partial charge in [0.25, 0.3) is 10.0 Å². The average Bonchev–Trinajstić information content (AvgIpc) is 2.92. The average molecular weight is 344 g/mol. The first kappa shape index (κ1) is 14.5. The number of sulfonamides is 1. The second-order valence-corrected chi connectivity index (χ2v) is 7.77. The molecule has 0 spiro atoms. The predicted molar refractivity (Wildman–Crippen MR) is 93.6 cm³/mol. The highest BCUT2D eigenvalue weighted by Gasteiger charge is 2.22. The summed E-state index contributed by atoms with van der Waals surface area (Å²) in [5, 5.41) is 2.36. The largest absolute Gasteiger partial charge is 0.280 e. The topological polar surface area (TPSA) is 46.2 Å². The highest BCUT2D eigenvalue weighted by molar-refractivity contribution is 7.93. The van der Waals surface area contributed by atoms with Gasteiger partial charge in [-0.2, -0.15) is 0 Å². The fourth-order valence-electron chi connectivity index (χ4n) is 3.22. The summed E-state index contributed by atoms with van der Waals surface area (Å²) in [6, 6.07) is 16.2. The number of halogens is 1. The van der Waals surface area contributed by atoms with Gasteiger partial charge in [0.2, 0.25) is 0 Å². The summed E-state index contributed by atoms with van der Waals surface area (Å²) in [7, 11) is -3.67. The second-order valence-electron chi connectivity index (χ2n) is 5.68. The Morgan fingerprint density at radius 1 is 0.913 bits per heavy atom. The van der Waals surface area contributed by atoms with E-state index >= 15 is 0 Å². The van der Waals surface area contributed by atoms with Gasteiger partial charge in [0.15, 0.2) is 0 Å². The highest BCUT2D eigenvalue weighted by Crippen LogP contribution is 2.35. The Labute approximate surface area is 140 Å². The lowest BCUT2D eigenvalue weighted by molar-refractivity contribution is 0.602. The van der Waals surface area contributed by atoms with Crippen molar-refractivity contribution in [1.82, 2.24) is 0 Å². The SMILES string of the molecule is O=S(=O)(Nc1cccc(Cl)c1)c1ccc2c3c(cccc13)CC2. The van der Waals surface area contributed by atoms with E-state index in [0.717, 1.165) is 23.6 Å². The molecule has 0 heterocycles. The van der Waals surface area contributed by atoms with E-state index in [2.05, 4.69) is 10.8 Å². The molecule has 0 aliphatic heterocycles. The van der Waals surface area contributed by atoms with Gasteiger partial charge in [-0.1, -0.05) is 41.9 Å². The lowest BCUT2D eigenvalue weighted by atomic mass is 10.1. The van der Waals surface area contributed by atoms with Gasteiger partial charge in [0, 0.05) is 10.4 Å². The molecule has 1 aliphatic carbocycles. The molecule has 0 unspecified atom stereocenters. The van der Waals surface area contributed by atoms with Gasteiger partial charge >= 0.3 is 0 Å². The zero-order chi connectivity index (χ0) is 16.0. The summed E-state index contributed by atoms with van der Waals surface area (Å²) in [6.07, 6.45) is 1.94. The summed E-state index contributed by atoms with van der Waals surface area (Å²) in [5.41, 5.74) is 2.90. The van der Waals surface area contributed by atoms with Crippen LogP contribution in [0.3, 0.4) is 0 Å². The lowest BCUT2D eigenvalue weighted by Gasteiger charge is -2.12. The van der Waals surface area contributed by atoms with Crippen molar-refractivity contribution in [2.24, 2.45) is 0 Å². The Bertz CT molecular complexity index is 1020. The van der Waals surface area contributed by atoms with Crippen LogP contribution in [-0.2, 0) is 22.9 Å². The minimum atomic E-state index is -3.67. The van der Waals surface area contributed by atoms with E-state index in [9.17, 15) is 8.42 Å². The van der Waals surface area contributed by atoms with E-state index in [4.69, 9.17) is 11.6 Å². The molecule has 0 amide bonds. The monoisotopic (exact) mass is 343 g/mol. The molecule has 23 heavy (non-hydrogen) atoms. The van der Waals surface area contributed by atoms with Crippen molar-refractivity contribution in [3.63, 3.8) is 0 Å². The van der Waals surface area contributed by atoms with Crippen molar-refractivity contribution in [2.45, 2.75) is 17.7 Å². The maximum Gasteiger partial charge on any atom is 0.262 e. The van der Waals surface area contributed by atoms with E-state index in [1.807, 2.05) is 18.2 Å². The van der Waals surface area contributed by atoms with Crippen LogP contribution >= 0.6 is 11.6 Å². The maximum atomic E-state index is 12.8. The van der Waals surface area contributed by atoms with Gasteiger partial charge in [-0.15, -0.1) is 0 Å². The van der Waals surface area contributed by atoms with Crippen molar-refractivity contribution >= 4 is 38.1 Å². The van der Waals surface area contributed by atoms with Crippen LogP contribution in [0.2, 0.25) is 5.02 Å². The summed E-state index contributed by atoms with van der Waals surface area (Å²) in [4.78, 5) is 0.306. The van der Waals surface area contributed by atoms with Crippen molar-refractivity contribution in [2.75, 3.05) is 4.72 Å². The number of nitrogens with one attached hydrogen (secondary N) is 1. The lowest BCUT2D eigenvalue weighted by Crippen LogP contribution is -2.13. The third-order valence-electron chi connectivity index (χ3n) is 4.20. The third kappa shape index (κ3) is 2.48. The van der Waals surface area contributed by atoms with E-state index in [0.29, 0.717) is 15.6 Å². The molecular formula is C18H14ClNO2S. The first-order chi connectivity index (χ1) is 11.0. The number of aryl methyl sites for hydroxylation is 2. The Morgan fingerprint density at radius 2 is 1.65 bits per heavy atom. The van der Waals surface area contributed by atoms with Crippen LogP contribution in [-0.4, -0.2) is 8.42 Å². The molecule has 0 aromatic heterocycles. The Balaban J connectivity index is 1.86. The minimum absolute atomic E-state index is 0.306. The van der Waals surface area contributed by atoms with Crippen molar-refractivity contribution < 1.29 is 8.42 Å². The van der Waals surface area contributed by atoms with Crippen LogP contribution in [0.1, 0.15) is 11.1 Å². The molecule has 116 valence electrons. The van der Waals surface area contributed by atoms with Gasteiger partial charge in [-0.05, 0) is 53.6 Å². The zero-order valence-electron chi connectivity index (χ0n) is 12.2. The van der Waals surface area contributed by atoms with Crippen LogP contribution in [0.5, 0.6) is 0 Å². The van der Waals surface area contributed by atoms with E-state index < -0.39 is 10.0 Å². The van der Waals surface area contributed by atoms with Gasteiger partial charge in [-0.25, -0.2) is 8.42 Å². The number of hydrogen-bond donors (Lipinski definition) is 1. The van der Waals surface area contributed by atoms with Gasteiger partial charge in [-0.3, -0.25) is 4.72 Å². The van der Waals surface area contributed by atoms with Crippen molar-refractivity contribution in [3.05, 3.63) is 70.7 Å². The number of rotatable bonds is 3. The molecule has 5 heteroatoms. The molecule has 4 rings (SSSR count). The van der Waals surface area contributed by atoms with E-state index in [-0.39, 0.29) is 0 Å². The highest BCUT2D eigenvalue weighted by atomic mass is 35.5. The number of benzene rings is 3. The molecule has 3 aromatic carbocycles. The summed E-state index contributed by atoms with van der Waals surface area (Å²) in [5.74, 6) is 0. The van der Waals surface area contributed by atoms with Crippen LogP contribution in [0.15, 0.2) is 59.5 Å². The summed E-state index contributed by atoms with van der Waals surface area (Å²) < 4.78 is 28.2. The molecule has 3 aromatic rings. The minimum Gasteiger partial charge on any atom is -0.280 e.